The van der Waals surface area contributed by atoms with E-state index in [1.807, 2.05) is 60.0 Å². The highest BCUT2D eigenvalue weighted by Crippen LogP contribution is 2.24. The number of hydrogen-bond acceptors (Lipinski definition) is 6. The molecule has 130 valence electrons. The molecule has 3 aromatic heterocycles. The summed E-state index contributed by atoms with van der Waals surface area (Å²) in [5.74, 6) is 0.996. The van der Waals surface area contributed by atoms with Gasteiger partial charge in [-0.25, -0.2) is 0 Å². The molecule has 0 bridgehead atoms. The summed E-state index contributed by atoms with van der Waals surface area (Å²) in [7, 11) is 0. The van der Waals surface area contributed by atoms with E-state index in [0.717, 1.165) is 15.5 Å². The van der Waals surface area contributed by atoms with Crippen molar-refractivity contribution in [3.63, 3.8) is 0 Å². The van der Waals surface area contributed by atoms with Crippen molar-refractivity contribution in [2.24, 2.45) is 0 Å². The second kappa shape index (κ2) is 7.67. The van der Waals surface area contributed by atoms with Gasteiger partial charge in [0.1, 0.15) is 5.03 Å². The van der Waals surface area contributed by atoms with E-state index in [-0.39, 0.29) is 5.91 Å². The summed E-state index contributed by atoms with van der Waals surface area (Å²) in [5.41, 5.74) is 1.77. The Hall–Kier alpha value is -2.71. The lowest BCUT2D eigenvalue weighted by Crippen LogP contribution is -2.24. The molecule has 1 aromatic carbocycles. The van der Waals surface area contributed by atoms with Crippen LogP contribution < -0.4 is 5.32 Å². The smallest absolute Gasteiger partial charge is 0.230 e. The molecule has 0 radical (unpaired) electrons. The van der Waals surface area contributed by atoms with E-state index in [9.17, 15) is 4.79 Å². The topological polar surface area (TPSA) is 72.2 Å². The van der Waals surface area contributed by atoms with Crippen molar-refractivity contribution in [1.29, 1.82) is 0 Å². The van der Waals surface area contributed by atoms with E-state index in [1.54, 1.807) is 15.9 Å². The second-order valence-electron chi connectivity index (χ2n) is 5.49. The zero-order valence-electron chi connectivity index (χ0n) is 13.7. The van der Waals surface area contributed by atoms with Gasteiger partial charge >= 0.3 is 0 Å². The zero-order valence-corrected chi connectivity index (χ0v) is 15.3. The largest absolute Gasteiger partial charge is 0.351 e. The summed E-state index contributed by atoms with van der Waals surface area (Å²) in [6.45, 7) is 0.528. The number of rotatable bonds is 6. The molecule has 26 heavy (non-hydrogen) atoms. The molecule has 0 spiro atoms. The number of carbonyl (C=O) groups excluding carboxylic acids is 1. The van der Waals surface area contributed by atoms with E-state index in [0.29, 0.717) is 23.8 Å². The molecule has 4 rings (SSSR count). The van der Waals surface area contributed by atoms with Crippen LogP contribution in [0.5, 0.6) is 0 Å². The Bertz CT molecular complexity index is 1010. The highest BCUT2D eigenvalue weighted by atomic mass is 32.2. The molecule has 0 fully saturated rings. The molecule has 0 atom stereocenters. The Kier molecular flexibility index (Phi) is 4.94. The number of thioether (sulfide) groups is 1. The van der Waals surface area contributed by atoms with Crippen LogP contribution in [-0.4, -0.2) is 31.5 Å². The number of fused-ring (bicyclic) bond motifs is 1. The fourth-order valence-electron chi connectivity index (χ4n) is 2.40. The molecule has 0 aliphatic carbocycles. The van der Waals surface area contributed by atoms with Crippen molar-refractivity contribution in [3.8, 4) is 10.7 Å². The number of nitrogens with one attached hydrogen (secondary N) is 1. The van der Waals surface area contributed by atoms with Gasteiger partial charge in [-0.15, -0.1) is 21.5 Å². The van der Waals surface area contributed by atoms with Crippen molar-refractivity contribution in [2.75, 3.05) is 5.75 Å². The molecule has 0 aliphatic heterocycles. The third-order valence-corrected chi connectivity index (χ3v) is 5.45. The van der Waals surface area contributed by atoms with Crippen molar-refractivity contribution >= 4 is 34.7 Å². The van der Waals surface area contributed by atoms with E-state index < -0.39 is 0 Å². The first kappa shape index (κ1) is 16.7. The molecule has 3 heterocycles. The minimum absolute atomic E-state index is 0.0250. The van der Waals surface area contributed by atoms with Crippen LogP contribution in [0.3, 0.4) is 0 Å². The van der Waals surface area contributed by atoms with Crippen LogP contribution in [0.1, 0.15) is 5.56 Å². The summed E-state index contributed by atoms with van der Waals surface area (Å²) in [6.07, 6.45) is 0. The molecule has 0 aliphatic rings. The normalized spacial score (nSPS) is 10.9. The number of carbonyl (C=O) groups is 1. The molecule has 0 saturated carbocycles. The first-order valence-corrected chi connectivity index (χ1v) is 9.86. The van der Waals surface area contributed by atoms with Crippen LogP contribution in [0.15, 0.2) is 65.0 Å². The van der Waals surface area contributed by atoms with Gasteiger partial charge in [-0.05, 0) is 29.1 Å². The summed E-state index contributed by atoms with van der Waals surface area (Å²) in [6, 6.07) is 17.5. The van der Waals surface area contributed by atoms with Crippen molar-refractivity contribution < 1.29 is 4.79 Å². The van der Waals surface area contributed by atoms with Gasteiger partial charge in [0.2, 0.25) is 5.91 Å². The fraction of sp³-hybridized carbons (Fsp3) is 0.111. The van der Waals surface area contributed by atoms with Crippen molar-refractivity contribution in [1.82, 2.24) is 25.1 Å². The number of hydrogen-bond donors (Lipinski definition) is 1. The van der Waals surface area contributed by atoms with E-state index in [2.05, 4.69) is 20.6 Å². The summed E-state index contributed by atoms with van der Waals surface area (Å²) in [4.78, 5) is 13.1. The number of thiophene rings is 1. The molecule has 8 heteroatoms. The lowest BCUT2D eigenvalue weighted by Gasteiger charge is -2.05. The zero-order chi connectivity index (χ0) is 17.8. The lowest BCUT2D eigenvalue weighted by molar-refractivity contribution is -0.118. The van der Waals surface area contributed by atoms with Gasteiger partial charge in [-0.3, -0.25) is 4.79 Å². The van der Waals surface area contributed by atoms with Gasteiger partial charge in [0.25, 0.3) is 0 Å². The van der Waals surface area contributed by atoms with Crippen LogP contribution >= 0.6 is 23.1 Å². The maximum absolute atomic E-state index is 12.1. The van der Waals surface area contributed by atoms with Crippen molar-refractivity contribution in [3.05, 3.63) is 65.5 Å². The molecule has 6 nitrogen and oxygen atoms in total. The molecule has 1 amide bonds. The van der Waals surface area contributed by atoms with Crippen LogP contribution in [-0.2, 0) is 11.3 Å². The van der Waals surface area contributed by atoms with Gasteiger partial charge in [0, 0.05) is 6.54 Å². The van der Waals surface area contributed by atoms with Gasteiger partial charge in [-0.1, -0.05) is 48.2 Å². The standard InChI is InChI=1S/C18H15N5OS2/c24-16(19-11-13-5-2-1-3-6-13)12-26-17-9-8-15-20-21-18(23(15)22-17)14-7-4-10-25-14/h1-10H,11-12H2,(H,19,24). The number of aromatic nitrogens is 4. The first-order chi connectivity index (χ1) is 12.8. The van der Waals surface area contributed by atoms with Gasteiger partial charge < -0.3 is 5.32 Å². The lowest BCUT2D eigenvalue weighted by atomic mass is 10.2. The van der Waals surface area contributed by atoms with Crippen LogP contribution in [0, 0.1) is 0 Å². The highest BCUT2D eigenvalue weighted by molar-refractivity contribution is 7.99. The Labute approximate surface area is 158 Å². The highest BCUT2D eigenvalue weighted by Gasteiger charge is 2.11. The molecule has 4 aromatic rings. The Morgan fingerprint density at radius 3 is 2.77 bits per heavy atom. The number of amides is 1. The van der Waals surface area contributed by atoms with E-state index in [1.165, 1.54) is 11.8 Å². The quantitative estimate of drug-likeness (QED) is 0.519. The first-order valence-electron chi connectivity index (χ1n) is 7.99. The summed E-state index contributed by atoms with van der Waals surface area (Å²) in [5, 5.41) is 18.6. The van der Waals surface area contributed by atoms with Gasteiger partial charge in [0.15, 0.2) is 11.5 Å². The average Bonchev–Trinajstić information content (AvgIpc) is 3.34. The Balaban J connectivity index is 1.41. The second-order valence-corrected chi connectivity index (χ2v) is 7.44. The monoisotopic (exact) mass is 381 g/mol. The molecule has 1 N–H and O–H groups in total. The predicted molar refractivity (Wildman–Crippen MR) is 103 cm³/mol. The number of nitrogens with zero attached hydrogens (tertiary/aromatic N) is 4. The van der Waals surface area contributed by atoms with Crippen molar-refractivity contribution in [2.45, 2.75) is 11.6 Å². The average molecular weight is 381 g/mol. The molecular formula is C18H15N5OS2. The van der Waals surface area contributed by atoms with Gasteiger partial charge in [-0.2, -0.15) is 9.61 Å². The van der Waals surface area contributed by atoms with Crippen LogP contribution in [0.25, 0.3) is 16.3 Å². The predicted octanol–water partition coefficient (Wildman–Crippen LogP) is 3.26. The van der Waals surface area contributed by atoms with Crippen LogP contribution in [0.2, 0.25) is 0 Å². The maximum atomic E-state index is 12.1. The van der Waals surface area contributed by atoms with Crippen LogP contribution in [0.4, 0.5) is 0 Å². The minimum Gasteiger partial charge on any atom is -0.351 e. The SMILES string of the molecule is O=C(CSc1ccc2nnc(-c3cccs3)n2n1)NCc1ccccc1. The molecular weight excluding hydrogens is 366 g/mol. The fourth-order valence-corrected chi connectivity index (χ4v) is 3.77. The third-order valence-electron chi connectivity index (χ3n) is 3.66. The third kappa shape index (κ3) is 3.76. The Morgan fingerprint density at radius 2 is 1.96 bits per heavy atom. The summed E-state index contributed by atoms with van der Waals surface area (Å²) >= 11 is 2.98. The Morgan fingerprint density at radius 1 is 1.08 bits per heavy atom. The van der Waals surface area contributed by atoms with E-state index in [4.69, 9.17) is 0 Å². The minimum atomic E-state index is -0.0250. The summed E-state index contributed by atoms with van der Waals surface area (Å²) < 4.78 is 1.72. The number of benzene rings is 1. The molecule has 0 unspecified atom stereocenters. The maximum Gasteiger partial charge on any atom is 0.230 e. The molecule has 0 saturated heterocycles. The van der Waals surface area contributed by atoms with E-state index >= 15 is 0 Å². The van der Waals surface area contributed by atoms with Gasteiger partial charge in [0.05, 0.1) is 10.6 Å².